The molecule has 4 nitrogen and oxygen atoms in total. The Kier molecular flexibility index (Phi) is 5.61. The summed E-state index contributed by atoms with van der Waals surface area (Å²) >= 11 is 0. The van der Waals surface area contributed by atoms with Crippen molar-refractivity contribution in [3.8, 4) is 0 Å². The van der Waals surface area contributed by atoms with Crippen LogP contribution in [0.3, 0.4) is 0 Å². The summed E-state index contributed by atoms with van der Waals surface area (Å²) in [6, 6.07) is 1.90. The molecular weight excluding hydrogens is 200 g/mol. The first-order valence-electron chi connectivity index (χ1n) is 6.03. The number of aromatic nitrogens is 2. The number of anilines is 2. The summed E-state index contributed by atoms with van der Waals surface area (Å²) in [7, 11) is 0. The number of nitrogens with zero attached hydrogens (tertiary/aromatic N) is 2. The summed E-state index contributed by atoms with van der Waals surface area (Å²) in [6.45, 7) is 8.34. The average molecular weight is 222 g/mol. The highest BCUT2D eigenvalue weighted by molar-refractivity contribution is 5.39. The van der Waals surface area contributed by atoms with Crippen molar-refractivity contribution in [3.05, 3.63) is 12.3 Å². The van der Waals surface area contributed by atoms with Crippen molar-refractivity contribution in [2.75, 3.05) is 23.7 Å². The first kappa shape index (κ1) is 12.7. The quantitative estimate of drug-likeness (QED) is 0.696. The first-order chi connectivity index (χ1) is 7.72. The van der Waals surface area contributed by atoms with Gasteiger partial charge in [0.2, 0.25) is 5.95 Å². The third-order valence-electron chi connectivity index (χ3n) is 2.25. The highest BCUT2D eigenvalue weighted by atomic mass is 15.1. The number of hydrogen-bond acceptors (Lipinski definition) is 4. The maximum absolute atomic E-state index is 4.35. The van der Waals surface area contributed by atoms with Gasteiger partial charge in [-0.3, -0.25) is 0 Å². The summed E-state index contributed by atoms with van der Waals surface area (Å²) in [4.78, 5) is 8.47. The molecule has 0 aliphatic carbocycles. The molecule has 0 amide bonds. The van der Waals surface area contributed by atoms with E-state index in [1.807, 2.05) is 13.0 Å². The van der Waals surface area contributed by atoms with Crippen molar-refractivity contribution < 1.29 is 0 Å². The monoisotopic (exact) mass is 222 g/mol. The number of nitrogens with one attached hydrogen (secondary N) is 2. The Morgan fingerprint density at radius 2 is 2.12 bits per heavy atom. The van der Waals surface area contributed by atoms with Crippen molar-refractivity contribution in [1.29, 1.82) is 0 Å². The van der Waals surface area contributed by atoms with E-state index in [1.54, 1.807) is 6.20 Å². The predicted molar refractivity (Wildman–Crippen MR) is 68.8 cm³/mol. The molecule has 1 aromatic heterocycles. The Morgan fingerprint density at radius 1 is 1.31 bits per heavy atom. The fraction of sp³-hybridized carbons (Fsp3) is 0.667. The molecule has 0 fully saturated rings. The lowest BCUT2D eigenvalue weighted by Crippen LogP contribution is -2.07. The van der Waals surface area contributed by atoms with Gasteiger partial charge in [0.25, 0.3) is 0 Å². The summed E-state index contributed by atoms with van der Waals surface area (Å²) in [6.07, 6.45) is 4.20. The molecule has 90 valence electrons. The molecule has 0 aliphatic heterocycles. The Hall–Kier alpha value is -1.32. The van der Waals surface area contributed by atoms with Gasteiger partial charge in [-0.15, -0.1) is 0 Å². The molecule has 0 atom stereocenters. The minimum absolute atomic E-state index is 0.691. The summed E-state index contributed by atoms with van der Waals surface area (Å²) < 4.78 is 0. The van der Waals surface area contributed by atoms with Crippen LogP contribution < -0.4 is 10.6 Å². The SMILES string of the molecule is CCNc1nccc(NCCCC(C)C)n1. The third-order valence-corrected chi connectivity index (χ3v) is 2.25. The summed E-state index contributed by atoms with van der Waals surface area (Å²) in [5, 5.41) is 6.40. The van der Waals surface area contributed by atoms with Crippen LogP contribution in [0, 0.1) is 5.92 Å². The predicted octanol–water partition coefficient (Wildman–Crippen LogP) is 2.76. The van der Waals surface area contributed by atoms with E-state index < -0.39 is 0 Å². The van der Waals surface area contributed by atoms with Gasteiger partial charge in [0.1, 0.15) is 5.82 Å². The van der Waals surface area contributed by atoms with Crippen LogP contribution in [0.1, 0.15) is 33.6 Å². The summed E-state index contributed by atoms with van der Waals surface area (Å²) in [5.41, 5.74) is 0. The van der Waals surface area contributed by atoms with Crippen molar-refractivity contribution in [2.24, 2.45) is 5.92 Å². The van der Waals surface area contributed by atoms with E-state index >= 15 is 0 Å². The molecule has 1 rings (SSSR count). The molecule has 0 spiro atoms. The molecule has 0 aromatic carbocycles. The van der Waals surface area contributed by atoms with Crippen LogP contribution in [-0.2, 0) is 0 Å². The average Bonchev–Trinajstić information content (AvgIpc) is 2.25. The van der Waals surface area contributed by atoms with Gasteiger partial charge in [-0.25, -0.2) is 4.98 Å². The van der Waals surface area contributed by atoms with E-state index in [9.17, 15) is 0 Å². The topological polar surface area (TPSA) is 49.8 Å². The van der Waals surface area contributed by atoms with E-state index in [4.69, 9.17) is 0 Å². The second kappa shape index (κ2) is 7.04. The van der Waals surface area contributed by atoms with Gasteiger partial charge in [-0.05, 0) is 31.7 Å². The largest absolute Gasteiger partial charge is 0.370 e. The highest BCUT2D eigenvalue weighted by Crippen LogP contribution is 2.07. The Labute approximate surface area is 97.9 Å². The van der Waals surface area contributed by atoms with E-state index in [2.05, 4.69) is 34.4 Å². The van der Waals surface area contributed by atoms with Crippen LogP contribution in [0.25, 0.3) is 0 Å². The van der Waals surface area contributed by atoms with Crippen LogP contribution in [0.5, 0.6) is 0 Å². The van der Waals surface area contributed by atoms with E-state index in [-0.39, 0.29) is 0 Å². The van der Waals surface area contributed by atoms with Gasteiger partial charge in [0, 0.05) is 19.3 Å². The van der Waals surface area contributed by atoms with Crippen molar-refractivity contribution in [3.63, 3.8) is 0 Å². The molecule has 1 aromatic rings. The van der Waals surface area contributed by atoms with Gasteiger partial charge in [-0.1, -0.05) is 13.8 Å². The van der Waals surface area contributed by atoms with Gasteiger partial charge < -0.3 is 10.6 Å². The molecule has 0 saturated heterocycles. The first-order valence-corrected chi connectivity index (χ1v) is 6.03. The lowest BCUT2D eigenvalue weighted by molar-refractivity contribution is 0.566. The van der Waals surface area contributed by atoms with E-state index in [0.29, 0.717) is 5.95 Å². The smallest absolute Gasteiger partial charge is 0.224 e. The highest BCUT2D eigenvalue weighted by Gasteiger charge is 1.98. The number of hydrogen-bond donors (Lipinski definition) is 2. The zero-order valence-corrected chi connectivity index (χ0v) is 10.5. The standard InChI is InChI=1S/C12H22N4/c1-4-13-12-15-9-7-11(16-12)14-8-5-6-10(2)3/h7,9-10H,4-6,8H2,1-3H3,(H2,13,14,15,16). The number of rotatable bonds is 7. The zero-order valence-electron chi connectivity index (χ0n) is 10.5. The minimum Gasteiger partial charge on any atom is -0.370 e. The Balaban J connectivity index is 2.33. The van der Waals surface area contributed by atoms with E-state index in [0.717, 1.165) is 24.8 Å². The lowest BCUT2D eigenvalue weighted by Gasteiger charge is -2.08. The van der Waals surface area contributed by atoms with Gasteiger partial charge in [0.05, 0.1) is 0 Å². The van der Waals surface area contributed by atoms with Crippen molar-refractivity contribution in [2.45, 2.75) is 33.6 Å². The van der Waals surface area contributed by atoms with Gasteiger partial charge in [-0.2, -0.15) is 4.98 Å². The molecule has 1 heterocycles. The molecule has 0 unspecified atom stereocenters. The van der Waals surface area contributed by atoms with Crippen LogP contribution in [0.15, 0.2) is 12.3 Å². The zero-order chi connectivity index (χ0) is 11.8. The Morgan fingerprint density at radius 3 is 2.81 bits per heavy atom. The van der Waals surface area contributed by atoms with Crippen LogP contribution in [0.4, 0.5) is 11.8 Å². The second-order valence-electron chi connectivity index (χ2n) is 4.26. The van der Waals surface area contributed by atoms with Gasteiger partial charge in [0.15, 0.2) is 0 Å². The van der Waals surface area contributed by atoms with Crippen LogP contribution >= 0.6 is 0 Å². The molecule has 0 saturated carbocycles. The molecule has 0 aliphatic rings. The second-order valence-corrected chi connectivity index (χ2v) is 4.26. The van der Waals surface area contributed by atoms with Crippen molar-refractivity contribution >= 4 is 11.8 Å². The van der Waals surface area contributed by atoms with E-state index in [1.165, 1.54) is 12.8 Å². The summed E-state index contributed by atoms with van der Waals surface area (Å²) in [5.74, 6) is 2.36. The molecule has 0 radical (unpaired) electrons. The Bertz CT molecular complexity index is 299. The normalized spacial score (nSPS) is 10.5. The van der Waals surface area contributed by atoms with Crippen molar-refractivity contribution in [1.82, 2.24) is 9.97 Å². The molecule has 4 heteroatoms. The maximum Gasteiger partial charge on any atom is 0.224 e. The fourth-order valence-corrected chi connectivity index (χ4v) is 1.43. The van der Waals surface area contributed by atoms with Gasteiger partial charge >= 0.3 is 0 Å². The molecule has 2 N–H and O–H groups in total. The third kappa shape index (κ3) is 4.96. The van der Waals surface area contributed by atoms with Crippen LogP contribution in [-0.4, -0.2) is 23.1 Å². The molecule has 16 heavy (non-hydrogen) atoms. The molecule has 0 bridgehead atoms. The maximum atomic E-state index is 4.35. The minimum atomic E-state index is 0.691. The van der Waals surface area contributed by atoms with Crippen LogP contribution in [0.2, 0.25) is 0 Å². The molecular formula is C12H22N4. The fourth-order valence-electron chi connectivity index (χ4n) is 1.43. The lowest BCUT2D eigenvalue weighted by atomic mass is 10.1.